The number of benzene rings is 1. The van der Waals surface area contributed by atoms with E-state index in [0.717, 1.165) is 30.4 Å². The van der Waals surface area contributed by atoms with Crippen molar-refractivity contribution < 1.29 is 4.74 Å². The summed E-state index contributed by atoms with van der Waals surface area (Å²) >= 11 is 0. The van der Waals surface area contributed by atoms with E-state index >= 15 is 0 Å². The van der Waals surface area contributed by atoms with Crippen molar-refractivity contribution in [1.29, 1.82) is 0 Å². The third kappa shape index (κ3) is 3.07. The molecule has 0 spiro atoms. The van der Waals surface area contributed by atoms with Crippen LogP contribution in [0.4, 0.5) is 0 Å². The molecule has 0 aliphatic rings. The molecule has 0 heterocycles. The summed E-state index contributed by atoms with van der Waals surface area (Å²) in [5.41, 5.74) is 1.05. The summed E-state index contributed by atoms with van der Waals surface area (Å²) < 4.78 is 5.57. The van der Waals surface area contributed by atoms with E-state index in [1.807, 2.05) is 30.3 Å². The Hall–Kier alpha value is -1.02. The smallest absolute Gasteiger partial charge is 0.126 e. The molecule has 0 aromatic heterocycles. The second-order valence-corrected chi connectivity index (χ2v) is 3.19. The van der Waals surface area contributed by atoms with Crippen molar-refractivity contribution in [3.05, 3.63) is 36.4 Å². The number of para-hydroxylation sites is 1. The van der Waals surface area contributed by atoms with Gasteiger partial charge in [0, 0.05) is 15.8 Å². The monoisotopic (exact) mass is 189 g/mol. The lowest BCUT2D eigenvalue weighted by Crippen LogP contribution is -1.97. The Morgan fingerprint density at radius 3 is 2.85 bits per heavy atom. The second-order valence-electron chi connectivity index (χ2n) is 2.69. The highest BCUT2D eigenvalue weighted by Crippen LogP contribution is 2.18. The Morgan fingerprint density at radius 2 is 2.15 bits per heavy atom. The third-order valence-electron chi connectivity index (χ3n) is 1.72. The summed E-state index contributed by atoms with van der Waals surface area (Å²) in [5, 5.41) is 0. The largest absolute Gasteiger partial charge is 0.493 e. The van der Waals surface area contributed by atoms with Gasteiger partial charge in [0.1, 0.15) is 5.75 Å². The number of ether oxygens (including phenoxy) is 1. The zero-order valence-electron chi connectivity index (χ0n) is 7.62. The molecule has 0 fully saturated rings. The summed E-state index contributed by atoms with van der Waals surface area (Å²) in [5.74, 6) is 0.914. The Labute approximate surface area is 82.9 Å². The van der Waals surface area contributed by atoms with Crippen LogP contribution in [0.1, 0.15) is 12.0 Å². The molecule has 2 heteroatoms. The van der Waals surface area contributed by atoms with Gasteiger partial charge in [0.2, 0.25) is 0 Å². The van der Waals surface area contributed by atoms with Crippen molar-refractivity contribution in [3.63, 3.8) is 0 Å². The zero-order chi connectivity index (χ0) is 9.52. The van der Waals surface area contributed by atoms with Crippen LogP contribution in [0.3, 0.4) is 0 Å². The fourth-order valence-corrected chi connectivity index (χ4v) is 1.18. The van der Waals surface area contributed by atoms with Crippen LogP contribution in [0.15, 0.2) is 30.8 Å². The molecule has 0 saturated heterocycles. The average Bonchev–Trinajstić information content (AvgIpc) is 2.19. The Kier molecular flexibility index (Phi) is 4.33. The van der Waals surface area contributed by atoms with Crippen LogP contribution < -0.4 is 4.74 Å². The maximum Gasteiger partial charge on any atom is 0.126 e. The fraction of sp³-hybridized carbons (Fsp3) is 0.273. The first-order chi connectivity index (χ1) is 6.38. The number of rotatable bonds is 5. The van der Waals surface area contributed by atoms with Crippen LogP contribution in [-0.2, 0) is 0 Å². The molecule has 0 bridgehead atoms. The lowest BCUT2D eigenvalue weighted by atomic mass is 10.2. The van der Waals surface area contributed by atoms with Gasteiger partial charge in [-0.25, -0.2) is 0 Å². The SMILES string of the molecule is C=Cc1ccccc1OCCC[Si]. The summed E-state index contributed by atoms with van der Waals surface area (Å²) in [4.78, 5) is 0. The first-order valence-corrected chi connectivity index (χ1v) is 5.08. The van der Waals surface area contributed by atoms with Crippen molar-refractivity contribution in [1.82, 2.24) is 0 Å². The minimum atomic E-state index is 0.744. The van der Waals surface area contributed by atoms with E-state index in [1.165, 1.54) is 0 Å². The van der Waals surface area contributed by atoms with Gasteiger partial charge in [-0.2, -0.15) is 0 Å². The lowest BCUT2D eigenvalue weighted by Gasteiger charge is -2.07. The molecule has 1 aromatic rings. The van der Waals surface area contributed by atoms with Gasteiger partial charge in [-0.05, 0) is 12.5 Å². The molecule has 0 amide bonds. The maximum absolute atomic E-state index is 5.57. The fourth-order valence-electron chi connectivity index (χ4n) is 1.03. The highest BCUT2D eigenvalue weighted by atomic mass is 28.1. The van der Waals surface area contributed by atoms with Crippen molar-refractivity contribution in [2.75, 3.05) is 6.61 Å². The van der Waals surface area contributed by atoms with Gasteiger partial charge in [-0.1, -0.05) is 36.9 Å². The van der Waals surface area contributed by atoms with Crippen molar-refractivity contribution in [2.24, 2.45) is 0 Å². The minimum Gasteiger partial charge on any atom is -0.493 e. The third-order valence-corrected chi connectivity index (χ3v) is 2.07. The van der Waals surface area contributed by atoms with Crippen molar-refractivity contribution >= 4 is 16.3 Å². The molecule has 1 nitrogen and oxygen atoms in total. The molecule has 67 valence electrons. The average molecular weight is 189 g/mol. The van der Waals surface area contributed by atoms with Gasteiger partial charge in [-0.3, -0.25) is 0 Å². The molecule has 1 aromatic carbocycles. The van der Waals surface area contributed by atoms with Gasteiger partial charge in [0.25, 0.3) is 0 Å². The number of hydrogen-bond donors (Lipinski definition) is 0. The van der Waals surface area contributed by atoms with Gasteiger partial charge >= 0.3 is 0 Å². The predicted octanol–water partition coefficient (Wildman–Crippen LogP) is 2.69. The van der Waals surface area contributed by atoms with E-state index < -0.39 is 0 Å². The van der Waals surface area contributed by atoms with Crippen molar-refractivity contribution in [3.8, 4) is 5.75 Å². The Balaban J connectivity index is 2.59. The molecule has 3 radical (unpaired) electrons. The van der Waals surface area contributed by atoms with E-state index in [1.54, 1.807) is 0 Å². The maximum atomic E-state index is 5.57. The first-order valence-electron chi connectivity index (χ1n) is 4.37. The van der Waals surface area contributed by atoms with Crippen LogP contribution in [0.25, 0.3) is 6.08 Å². The molecule has 0 N–H and O–H groups in total. The van der Waals surface area contributed by atoms with Gasteiger partial charge < -0.3 is 4.74 Å². The molecule has 13 heavy (non-hydrogen) atoms. The molecule has 1 rings (SSSR count). The van der Waals surface area contributed by atoms with Gasteiger partial charge in [0.15, 0.2) is 0 Å². The van der Waals surface area contributed by atoms with Crippen LogP contribution in [0.5, 0.6) is 5.75 Å². The molecular weight excluding hydrogens is 176 g/mol. The Morgan fingerprint density at radius 1 is 1.38 bits per heavy atom. The van der Waals surface area contributed by atoms with E-state index in [4.69, 9.17) is 4.74 Å². The normalized spacial score (nSPS) is 9.62. The molecule has 0 unspecified atom stereocenters. The van der Waals surface area contributed by atoms with E-state index in [-0.39, 0.29) is 0 Å². The topological polar surface area (TPSA) is 9.23 Å². The van der Waals surface area contributed by atoms with Crippen LogP contribution in [-0.4, -0.2) is 16.8 Å². The number of hydrogen-bond acceptors (Lipinski definition) is 1. The summed E-state index contributed by atoms with van der Waals surface area (Å²) in [7, 11) is 3.40. The van der Waals surface area contributed by atoms with E-state index in [9.17, 15) is 0 Å². The summed E-state index contributed by atoms with van der Waals surface area (Å²) in [6.07, 6.45) is 2.82. The quantitative estimate of drug-likeness (QED) is 0.511. The standard InChI is InChI=1S/C11H13OSi/c1-2-10-6-3-4-7-11(10)12-8-5-9-13/h2-4,6-7H,1,5,8-9H2. The van der Waals surface area contributed by atoms with Gasteiger partial charge in [-0.15, -0.1) is 0 Å². The highest BCUT2D eigenvalue weighted by molar-refractivity contribution is 6.08. The minimum absolute atomic E-state index is 0.744. The zero-order valence-corrected chi connectivity index (χ0v) is 8.62. The Bertz CT molecular complexity index is 271. The van der Waals surface area contributed by atoms with Crippen molar-refractivity contribution in [2.45, 2.75) is 12.5 Å². The predicted molar refractivity (Wildman–Crippen MR) is 57.2 cm³/mol. The van der Waals surface area contributed by atoms with E-state index in [2.05, 4.69) is 16.8 Å². The molecule has 0 aliphatic carbocycles. The first kappa shape index (κ1) is 10.1. The van der Waals surface area contributed by atoms with Gasteiger partial charge in [0.05, 0.1) is 6.61 Å². The van der Waals surface area contributed by atoms with Crippen LogP contribution in [0, 0.1) is 0 Å². The summed E-state index contributed by atoms with van der Waals surface area (Å²) in [6.45, 7) is 4.47. The molecular formula is C11H13OSi. The molecule has 0 aliphatic heterocycles. The molecule has 0 atom stereocenters. The van der Waals surface area contributed by atoms with Crippen LogP contribution >= 0.6 is 0 Å². The lowest BCUT2D eigenvalue weighted by molar-refractivity contribution is 0.317. The second kappa shape index (κ2) is 5.59. The van der Waals surface area contributed by atoms with E-state index in [0.29, 0.717) is 0 Å². The molecule has 0 saturated carbocycles. The van der Waals surface area contributed by atoms with Crippen LogP contribution in [0.2, 0.25) is 6.04 Å². The highest BCUT2D eigenvalue weighted by Gasteiger charge is 1.97. The summed E-state index contributed by atoms with van der Waals surface area (Å²) in [6, 6.07) is 8.88.